The zero-order valence-electron chi connectivity index (χ0n) is 18.0. The van der Waals surface area contributed by atoms with Crippen molar-refractivity contribution in [3.8, 4) is 0 Å². The summed E-state index contributed by atoms with van der Waals surface area (Å²) in [6.07, 6.45) is 11.0. The number of amides is 1. The standard InChI is InChI=1S/C27H27BrN2O2/c28-22-3-6-25-24(10-22)20(16-31)14-30(25)15-26(32)29-23-4-1-21(2-5-23)27-11-17-7-18(12-27)9-19(8-17)13-27/h1-6,10,14,16-19H,7-9,11-13,15H2,(H,29,32). The number of carbonyl (C=O) groups is 2. The Balaban J connectivity index is 1.18. The number of anilines is 1. The van der Waals surface area contributed by atoms with Gasteiger partial charge in [0.1, 0.15) is 6.54 Å². The molecule has 164 valence electrons. The molecule has 0 unspecified atom stereocenters. The monoisotopic (exact) mass is 490 g/mol. The van der Waals surface area contributed by atoms with E-state index in [0.717, 1.165) is 45.1 Å². The highest BCUT2D eigenvalue weighted by molar-refractivity contribution is 9.10. The van der Waals surface area contributed by atoms with Crippen molar-refractivity contribution < 1.29 is 9.59 Å². The number of aldehydes is 1. The average molecular weight is 491 g/mol. The van der Waals surface area contributed by atoms with Crippen molar-refractivity contribution in [3.05, 3.63) is 64.3 Å². The first kappa shape index (κ1) is 20.2. The fraction of sp³-hybridized carbons (Fsp3) is 0.407. The Bertz CT molecular complexity index is 1180. The smallest absolute Gasteiger partial charge is 0.244 e. The van der Waals surface area contributed by atoms with E-state index in [-0.39, 0.29) is 12.5 Å². The molecule has 0 atom stereocenters. The summed E-state index contributed by atoms with van der Waals surface area (Å²) in [5, 5.41) is 3.89. The second-order valence-electron chi connectivity index (χ2n) is 10.3. The van der Waals surface area contributed by atoms with Crippen LogP contribution in [-0.2, 0) is 16.8 Å². The summed E-state index contributed by atoms with van der Waals surface area (Å²) in [6.45, 7) is 0.169. The molecule has 4 aliphatic rings. The van der Waals surface area contributed by atoms with E-state index in [9.17, 15) is 9.59 Å². The van der Waals surface area contributed by atoms with Crippen molar-refractivity contribution in [3.63, 3.8) is 0 Å². The van der Waals surface area contributed by atoms with Crippen molar-refractivity contribution in [1.82, 2.24) is 4.57 Å². The zero-order chi connectivity index (χ0) is 21.9. The van der Waals surface area contributed by atoms with Crippen LogP contribution in [0.2, 0.25) is 0 Å². The van der Waals surface area contributed by atoms with Gasteiger partial charge in [0.2, 0.25) is 5.91 Å². The minimum Gasteiger partial charge on any atom is -0.337 e. The maximum Gasteiger partial charge on any atom is 0.244 e. The Morgan fingerprint density at radius 2 is 1.69 bits per heavy atom. The van der Waals surface area contributed by atoms with Gasteiger partial charge in [-0.2, -0.15) is 0 Å². The van der Waals surface area contributed by atoms with Crippen LogP contribution >= 0.6 is 15.9 Å². The summed E-state index contributed by atoms with van der Waals surface area (Å²) in [7, 11) is 0. The van der Waals surface area contributed by atoms with Crippen LogP contribution in [-0.4, -0.2) is 16.8 Å². The molecule has 4 nitrogen and oxygen atoms in total. The highest BCUT2D eigenvalue weighted by Crippen LogP contribution is 2.60. The Labute approximate surface area is 196 Å². The van der Waals surface area contributed by atoms with Gasteiger partial charge >= 0.3 is 0 Å². The number of hydrogen-bond acceptors (Lipinski definition) is 2. The molecule has 32 heavy (non-hydrogen) atoms. The summed E-state index contributed by atoms with van der Waals surface area (Å²) in [4.78, 5) is 24.2. The lowest BCUT2D eigenvalue weighted by Crippen LogP contribution is -2.48. The fourth-order valence-corrected chi connectivity index (χ4v) is 7.61. The van der Waals surface area contributed by atoms with Crippen molar-refractivity contribution in [2.45, 2.75) is 50.5 Å². The third-order valence-electron chi connectivity index (χ3n) is 8.13. The molecular weight excluding hydrogens is 464 g/mol. The number of nitrogens with one attached hydrogen (secondary N) is 1. The number of fused-ring (bicyclic) bond motifs is 1. The molecule has 4 bridgehead atoms. The lowest BCUT2D eigenvalue weighted by atomic mass is 9.48. The molecule has 0 aliphatic heterocycles. The van der Waals surface area contributed by atoms with Gasteiger partial charge in [-0.15, -0.1) is 0 Å². The number of halogens is 1. The Hall–Kier alpha value is -2.40. The molecule has 1 heterocycles. The molecule has 5 heteroatoms. The lowest BCUT2D eigenvalue weighted by Gasteiger charge is -2.57. The lowest BCUT2D eigenvalue weighted by molar-refractivity contribution is -0.116. The molecule has 7 rings (SSSR count). The molecule has 2 aromatic carbocycles. The predicted octanol–water partition coefficient (Wildman–Crippen LogP) is 6.32. The number of benzene rings is 2. The highest BCUT2D eigenvalue weighted by atomic mass is 79.9. The predicted molar refractivity (Wildman–Crippen MR) is 130 cm³/mol. The Kier molecular flexibility index (Phi) is 4.79. The summed E-state index contributed by atoms with van der Waals surface area (Å²) in [5.74, 6) is 2.68. The molecule has 1 N–H and O–H groups in total. The average Bonchev–Trinajstić information content (AvgIpc) is 3.09. The van der Waals surface area contributed by atoms with Crippen LogP contribution in [0.3, 0.4) is 0 Å². The summed E-state index contributed by atoms with van der Waals surface area (Å²) < 4.78 is 2.75. The van der Waals surface area contributed by atoms with Crippen LogP contribution in [0.4, 0.5) is 5.69 Å². The largest absolute Gasteiger partial charge is 0.337 e. The third-order valence-corrected chi connectivity index (χ3v) is 8.63. The first-order chi connectivity index (χ1) is 15.5. The van der Waals surface area contributed by atoms with Gasteiger partial charge in [0, 0.05) is 32.8 Å². The number of nitrogens with zero attached hydrogens (tertiary/aromatic N) is 1. The summed E-state index contributed by atoms with van der Waals surface area (Å²) in [5.41, 5.74) is 4.14. The van der Waals surface area contributed by atoms with Crippen LogP contribution in [0.15, 0.2) is 53.1 Å². The number of rotatable bonds is 5. The van der Waals surface area contributed by atoms with E-state index in [1.165, 1.54) is 44.1 Å². The minimum absolute atomic E-state index is 0.0928. The van der Waals surface area contributed by atoms with E-state index in [4.69, 9.17) is 0 Å². The minimum atomic E-state index is -0.0928. The van der Waals surface area contributed by atoms with E-state index < -0.39 is 0 Å². The van der Waals surface area contributed by atoms with Crippen molar-refractivity contribution >= 4 is 44.7 Å². The van der Waals surface area contributed by atoms with Gasteiger partial charge in [0.15, 0.2) is 6.29 Å². The molecule has 1 aromatic heterocycles. The normalized spacial score (nSPS) is 28.2. The Morgan fingerprint density at radius 3 is 2.31 bits per heavy atom. The molecule has 0 spiro atoms. The van der Waals surface area contributed by atoms with Gasteiger partial charge in [-0.25, -0.2) is 0 Å². The van der Waals surface area contributed by atoms with Crippen LogP contribution in [0.25, 0.3) is 10.9 Å². The van der Waals surface area contributed by atoms with Gasteiger partial charge in [0.05, 0.1) is 0 Å². The van der Waals surface area contributed by atoms with Gasteiger partial charge < -0.3 is 9.88 Å². The molecule has 4 aliphatic carbocycles. The van der Waals surface area contributed by atoms with Crippen LogP contribution < -0.4 is 5.32 Å². The maximum atomic E-state index is 12.8. The molecule has 0 saturated heterocycles. The van der Waals surface area contributed by atoms with Crippen molar-refractivity contribution in [1.29, 1.82) is 0 Å². The highest BCUT2D eigenvalue weighted by Gasteiger charge is 2.51. The number of aromatic nitrogens is 1. The van der Waals surface area contributed by atoms with E-state index in [1.807, 2.05) is 22.8 Å². The zero-order valence-corrected chi connectivity index (χ0v) is 19.6. The van der Waals surface area contributed by atoms with Crippen molar-refractivity contribution in [2.75, 3.05) is 5.32 Å². The molecule has 4 saturated carbocycles. The van der Waals surface area contributed by atoms with E-state index >= 15 is 0 Å². The van der Waals surface area contributed by atoms with E-state index in [0.29, 0.717) is 11.0 Å². The van der Waals surface area contributed by atoms with Gasteiger partial charge in [-0.3, -0.25) is 9.59 Å². The number of carbonyl (C=O) groups excluding carboxylic acids is 2. The second-order valence-corrected chi connectivity index (χ2v) is 11.2. The molecule has 0 radical (unpaired) electrons. The first-order valence-corrected chi connectivity index (χ1v) is 12.4. The summed E-state index contributed by atoms with van der Waals surface area (Å²) in [6, 6.07) is 14.4. The molecule has 3 aromatic rings. The SMILES string of the molecule is O=Cc1cn(CC(=O)Nc2ccc(C34CC5CC(CC(C5)C3)C4)cc2)c2ccc(Br)cc12. The van der Waals surface area contributed by atoms with Gasteiger partial charge in [-0.1, -0.05) is 28.1 Å². The third kappa shape index (κ3) is 3.42. The molecule has 4 fully saturated rings. The maximum absolute atomic E-state index is 12.8. The van der Waals surface area contributed by atoms with Crippen LogP contribution in [0, 0.1) is 17.8 Å². The van der Waals surface area contributed by atoms with E-state index in [1.54, 1.807) is 6.20 Å². The fourth-order valence-electron chi connectivity index (χ4n) is 7.25. The Morgan fingerprint density at radius 1 is 1.03 bits per heavy atom. The second kappa shape index (κ2) is 7.58. The molecular formula is C27H27BrN2O2. The quantitative estimate of drug-likeness (QED) is 0.425. The van der Waals surface area contributed by atoms with Crippen molar-refractivity contribution in [2.24, 2.45) is 17.8 Å². The van der Waals surface area contributed by atoms with Crippen LogP contribution in [0.5, 0.6) is 0 Å². The first-order valence-electron chi connectivity index (χ1n) is 11.7. The van der Waals surface area contributed by atoms with Gasteiger partial charge in [0.25, 0.3) is 0 Å². The summed E-state index contributed by atoms with van der Waals surface area (Å²) >= 11 is 3.45. The number of hydrogen-bond donors (Lipinski definition) is 1. The van der Waals surface area contributed by atoms with Crippen LogP contribution in [0.1, 0.15) is 54.4 Å². The molecule has 1 amide bonds. The topological polar surface area (TPSA) is 51.1 Å². The van der Waals surface area contributed by atoms with Gasteiger partial charge in [-0.05, 0) is 97.6 Å². The van der Waals surface area contributed by atoms with E-state index in [2.05, 4.69) is 45.5 Å².